The second-order valence-corrected chi connectivity index (χ2v) is 4.65. The van der Waals surface area contributed by atoms with Crippen LogP contribution in [0.3, 0.4) is 0 Å². The SMILES string of the molecule is Cc1cnc(CNc2ccc(Br)cc2N)cn1. The summed E-state index contributed by atoms with van der Waals surface area (Å²) in [6.07, 6.45) is 3.51. The van der Waals surface area contributed by atoms with E-state index in [1.54, 1.807) is 12.4 Å². The van der Waals surface area contributed by atoms with E-state index in [2.05, 4.69) is 31.2 Å². The van der Waals surface area contributed by atoms with Crippen LogP contribution in [0.1, 0.15) is 11.4 Å². The van der Waals surface area contributed by atoms with E-state index < -0.39 is 0 Å². The van der Waals surface area contributed by atoms with Gasteiger partial charge >= 0.3 is 0 Å². The van der Waals surface area contributed by atoms with Crippen molar-refractivity contribution >= 4 is 27.3 Å². The van der Waals surface area contributed by atoms with Crippen molar-refractivity contribution in [2.75, 3.05) is 11.1 Å². The number of aromatic nitrogens is 2. The summed E-state index contributed by atoms with van der Waals surface area (Å²) in [6, 6.07) is 5.74. The van der Waals surface area contributed by atoms with Crippen molar-refractivity contribution in [2.45, 2.75) is 13.5 Å². The zero-order valence-electron chi connectivity index (χ0n) is 9.44. The minimum absolute atomic E-state index is 0.610. The maximum atomic E-state index is 5.88. The van der Waals surface area contributed by atoms with Crippen LogP contribution in [0.25, 0.3) is 0 Å². The summed E-state index contributed by atoms with van der Waals surface area (Å²) >= 11 is 3.37. The average molecular weight is 293 g/mol. The molecule has 17 heavy (non-hydrogen) atoms. The molecule has 2 aromatic rings. The third kappa shape index (κ3) is 3.17. The number of nitrogen functional groups attached to an aromatic ring is 1. The summed E-state index contributed by atoms with van der Waals surface area (Å²) in [5.41, 5.74) is 9.29. The van der Waals surface area contributed by atoms with E-state index in [0.29, 0.717) is 12.2 Å². The van der Waals surface area contributed by atoms with Crippen LogP contribution in [-0.2, 0) is 6.54 Å². The molecule has 0 saturated heterocycles. The van der Waals surface area contributed by atoms with Crippen LogP contribution in [0, 0.1) is 6.92 Å². The minimum Gasteiger partial charge on any atom is -0.397 e. The Hall–Kier alpha value is -1.62. The molecule has 0 saturated carbocycles. The van der Waals surface area contributed by atoms with E-state index in [9.17, 15) is 0 Å². The first-order valence-corrected chi connectivity index (χ1v) is 6.01. The number of nitrogens with one attached hydrogen (secondary N) is 1. The number of hydrogen-bond donors (Lipinski definition) is 2. The molecule has 0 aliphatic heterocycles. The Balaban J connectivity index is 2.04. The topological polar surface area (TPSA) is 63.8 Å². The molecule has 0 aliphatic rings. The average Bonchev–Trinajstić information content (AvgIpc) is 2.30. The third-order valence-electron chi connectivity index (χ3n) is 2.31. The van der Waals surface area contributed by atoms with Crippen molar-refractivity contribution in [3.05, 3.63) is 46.5 Å². The largest absolute Gasteiger partial charge is 0.397 e. The smallest absolute Gasteiger partial charge is 0.0777 e. The van der Waals surface area contributed by atoms with Crippen LogP contribution in [0.4, 0.5) is 11.4 Å². The fourth-order valence-corrected chi connectivity index (χ4v) is 1.77. The Morgan fingerprint density at radius 2 is 2.12 bits per heavy atom. The maximum absolute atomic E-state index is 5.88. The van der Waals surface area contributed by atoms with Gasteiger partial charge in [-0.2, -0.15) is 0 Å². The summed E-state index contributed by atoms with van der Waals surface area (Å²) in [6.45, 7) is 2.52. The molecule has 5 heteroatoms. The monoisotopic (exact) mass is 292 g/mol. The van der Waals surface area contributed by atoms with E-state index in [4.69, 9.17) is 5.73 Å². The summed E-state index contributed by atoms with van der Waals surface area (Å²) in [5, 5.41) is 3.23. The molecule has 0 fully saturated rings. The molecule has 3 N–H and O–H groups in total. The quantitative estimate of drug-likeness (QED) is 0.854. The number of rotatable bonds is 3. The van der Waals surface area contributed by atoms with Crippen molar-refractivity contribution in [1.82, 2.24) is 9.97 Å². The lowest BCUT2D eigenvalue weighted by molar-refractivity contribution is 0.985. The van der Waals surface area contributed by atoms with E-state index in [1.165, 1.54) is 0 Å². The number of hydrogen-bond acceptors (Lipinski definition) is 4. The Kier molecular flexibility index (Phi) is 3.58. The van der Waals surface area contributed by atoms with Crippen LogP contribution in [-0.4, -0.2) is 9.97 Å². The van der Waals surface area contributed by atoms with E-state index in [1.807, 2.05) is 25.1 Å². The standard InChI is InChI=1S/C12H13BrN4/c1-8-5-16-10(6-15-8)7-17-12-3-2-9(13)4-11(12)14/h2-6,17H,7,14H2,1H3. The van der Waals surface area contributed by atoms with Gasteiger partial charge in [-0.15, -0.1) is 0 Å². The van der Waals surface area contributed by atoms with Gasteiger partial charge in [-0.3, -0.25) is 9.97 Å². The second-order valence-electron chi connectivity index (χ2n) is 3.73. The molecule has 0 unspecified atom stereocenters. The zero-order valence-corrected chi connectivity index (χ0v) is 11.0. The first-order valence-electron chi connectivity index (χ1n) is 5.21. The van der Waals surface area contributed by atoms with Crippen LogP contribution in [0.15, 0.2) is 35.1 Å². The molecule has 1 aromatic heterocycles. The molecule has 1 heterocycles. The number of halogens is 1. The first-order chi connectivity index (χ1) is 8.15. The highest BCUT2D eigenvalue weighted by atomic mass is 79.9. The molecule has 0 amide bonds. The van der Waals surface area contributed by atoms with Crippen LogP contribution >= 0.6 is 15.9 Å². The summed E-state index contributed by atoms with van der Waals surface area (Å²) in [4.78, 5) is 8.45. The lowest BCUT2D eigenvalue weighted by Gasteiger charge is -2.09. The molecule has 4 nitrogen and oxygen atoms in total. The van der Waals surface area contributed by atoms with E-state index in [0.717, 1.165) is 21.5 Å². The number of aryl methyl sites for hydroxylation is 1. The lowest BCUT2D eigenvalue weighted by atomic mass is 10.2. The van der Waals surface area contributed by atoms with Gasteiger partial charge in [0.2, 0.25) is 0 Å². The minimum atomic E-state index is 0.610. The van der Waals surface area contributed by atoms with Gasteiger partial charge in [0, 0.05) is 10.7 Å². The Morgan fingerprint density at radius 1 is 1.29 bits per heavy atom. The Morgan fingerprint density at radius 3 is 2.76 bits per heavy atom. The van der Waals surface area contributed by atoms with E-state index >= 15 is 0 Å². The fourth-order valence-electron chi connectivity index (χ4n) is 1.39. The summed E-state index contributed by atoms with van der Waals surface area (Å²) in [5.74, 6) is 0. The molecular formula is C12H13BrN4. The van der Waals surface area contributed by atoms with Crippen LogP contribution in [0.5, 0.6) is 0 Å². The van der Waals surface area contributed by atoms with Crippen molar-refractivity contribution in [3.8, 4) is 0 Å². The van der Waals surface area contributed by atoms with Gasteiger partial charge in [-0.05, 0) is 25.1 Å². The molecule has 1 aromatic carbocycles. The van der Waals surface area contributed by atoms with Gasteiger partial charge in [0.05, 0.1) is 35.5 Å². The Bertz CT molecular complexity index is 510. The molecule has 0 bridgehead atoms. The molecular weight excluding hydrogens is 280 g/mol. The maximum Gasteiger partial charge on any atom is 0.0777 e. The predicted octanol–water partition coefficient (Wildman–Crippen LogP) is 2.74. The summed E-state index contributed by atoms with van der Waals surface area (Å²) in [7, 11) is 0. The van der Waals surface area contributed by atoms with Gasteiger partial charge in [0.15, 0.2) is 0 Å². The number of anilines is 2. The predicted molar refractivity (Wildman–Crippen MR) is 72.7 cm³/mol. The molecule has 0 atom stereocenters. The number of nitrogens with zero attached hydrogens (tertiary/aromatic N) is 2. The lowest BCUT2D eigenvalue weighted by Crippen LogP contribution is -2.04. The van der Waals surface area contributed by atoms with Crippen molar-refractivity contribution in [2.24, 2.45) is 0 Å². The first kappa shape index (κ1) is 11.9. The number of benzene rings is 1. The molecule has 0 radical (unpaired) electrons. The fraction of sp³-hybridized carbons (Fsp3) is 0.167. The van der Waals surface area contributed by atoms with Gasteiger partial charge in [0.1, 0.15) is 0 Å². The highest BCUT2D eigenvalue weighted by molar-refractivity contribution is 9.10. The van der Waals surface area contributed by atoms with Gasteiger partial charge < -0.3 is 11.1 Å². The van der Waals surface area contributed by atoms with Crippen LogP contribution < -0.4 is 11.1 Å². The van der Waals surface area contributed by atoms with E-state index in [-0.39, 0.29) is 0 Å². The molecule has 2 rings (SSSR count). The van der Waals surface area contributed by atoms with Crippen molar-refractivity contribution in [3.63, 3.8) is 0 Å². The highest BCUT2D eigenvalue weighted by Crippen LogP contribution is 2.23. The third-order valence-corrected chi connectivity index (χ3v) is 2.80. The van der Waals surface area contributed by atoms with Gasteiger partial charge in [-0.25, -0.2) is 0 Å². The summed E-state index contributed by atoms with van der Waals surface area (Å²) < 4.78 is 0.968. The highest BCUT2D eigenvalue weighted by Gasteiger charge is 2.00. The molecule has 88 valence electrons. The number of nitrogens with two attached hydrogens (primary N) is 1. The van der Waals surface area contributed by atoms with Crippen molar-refractivity contribution < 1.29 is 0 Å². The Labute approximate surface area is 108 Å². The normalized spacial score (nSPS) is 10.2. The zero-order chi connectivity index (χ0) is 12.3. The van der Waals surface area contributed by atoms with Crippen LogP contribution in [0.2, 0.25) is 0 Å². The van der Waals surface area contributed by atoms with Crippen molar-refractivity contribution in [1.29, 1.82) is 0 Å². The van der Waals surface area contributed by atoms with Gasteiger partial charge in [-0.1, -0.05) is 15.9 Å². The van der Waals surface area contributed by atoms with Gasteiger partial charge in [0.25, 0.3) is 0 Å². The molecule has 0 aliphatic carbocycles. The second kappa shape index (κ2) is 5.14. The molecule has 0 spiro atoms.